The largest absolute Gasteiger partial charge is 0.391 e. The van der Waals surface area contributed by atoms with Crippen molar-refractivity contribution in [2.45, 2.75) is 44.7 Å². The van der Waals surface area contributed by atoms with E-state index in [4.69, 9.17) is 19.0 Å². The number of nitrogens with zero attached hydrogens (tertiary/aromatic N) is 1. The predicted molar refractivity (Wildman–Crippen MR) is 151 cm³/mol. The zero-order valence-corrected chi connectivity index (χ0v) is 21.8. The van der Waals surface area contributed by atoms with Crippen LogP contribution in [-0.4, -0.2) is 30.8 Å². The number of carbonyl (C=O) groups excluding carboxylic acids is 1. The highest BCUT2D eigenvalue weighted by Crippen LogP contribution is 2.17. The van der Waals surface area contributed by atoms with E-state index in [1.54, 1.807) is 6.21 Å². The Morgan fingerprint density at radius 2 is 0.897 bits per heavy atom. The van der Waals surface area contributed by atoms with Crippen LogP contribution in [-0.2, 0) is 50.3 Å². The maximum absolute atomic E-state index is 12.3. The van der Waals surface area contributed by atoms with Crippen LogP contribution < -0.4 is 0 Å². The normalized spacial score (nSPS) is 13.5. The quantitative estimate of drug-likeness (QED) is 0.100. The summed E-state index contributed by atoms with van der Waals surface area (Å²) in [6.45, 7) is 1.13. The molecule has 39 heavy (non-hydrogen) atoms. The lowest BCUT2D eigenvalue weighted by atomic mass is 10.1. The van der Waals surface area contributed by atoms with Crippen molar-refractivity contribution in [3.05, 3.63) is 144 Å². The Hall–Kier alpha value is -4.10. The van der Waals surface area contributed by atoms with Gasteiger partial charge in [0.2, 0.25) is 0 Å². The van der Waals surface area contributed by atoms with Crippen molar-refractivity contribution < 1.29 is 23.8 Å². The van der Waals surface area contributed by atoms with Gasteiger partial charge in [-0.15, -0.1) is 0 Å². The van der Waals surface area contributed by atoms with Crippen LogP contribution >= 0.6 is 0 Å². The van der Waals surface area contributed by atoms with E-state index in [0.717, 1.165) is 28.5 Å². The molecule has 0 unspecified atom stereocenters. The van der Waals surface area contributed by atoms with Gasteiger partial charge in [0.05, 0.1) is 26.0 Å². The summed E-state index contributed by atoms with van der Waals surface area (Å²) in [6.07, 6.45) is -0.106. The Labute approximate surface area is 229 Å². The fraction of sp³-hybridized carbons (Fsp3) is 0.212. The summed E-state index contributed by atoms with van der Waals surface area (Å²) in [5, 5.41) is 4.19. The Kier molecular flexibility index (Phi) is 11.4. The van der Waals surface area contributed by atoms with Gasteiger partial charge in [-0.2, -0.15) is 0 Å². The molecule has 6 heteroatoms. The first-order chi connectivity index (χ1) is 19.3. The third-order valence-corrected chi connectivity index (χ3v) is 5.99. The first kappa shape index (κ1) is 27.9. The van der Waals surface area contributed by atoms with Gasteiger partial charge in [-0.25, -0.2) is 0 Å². The first-order valence-electron chi connectivity index (χ1n) is 12.9. The number of oxime groups is 1. The highest BCUT2D eigenvalue weighted by Gasteiger charge is 2.32. The van der Waals surface area contributed by atoms with E-state index in [1.165, 1.54) is 0 Å². The number of hydrogen-bond donors (Lipinski definition) is 0. The summed E-state index contributed by atoms with van der Waals surface area (Å²) in [5.74, 6) is 0. The van der Waals surface area contributed by atoms with E-state index in [2.05, 4.69) is 5.16 Å². The lowest BCUT2D eigenvalue weighted by Crippen LogP contribution is -2.44. The summed E-state index contributed by atoms with van der Waals surface area (Å²) in [5.41, 5.74) is 3.89. The summed E-state index contributed by atoms with van der Waals surface area (Å²) in [6, 6.07) is 39.0. The van der Waals surface area contributed by atoms with Gasteiger partial charge < -0.3 is 23.8 Å². The van der Waals surface area contributed by atoms with E-state index in [1.807, 2.05) is 121 Å². The molecule has 0 aliphatic heterocycles. The molecule has 4 aromatic carbocycles. The van der Waals surface area contributed by atoms with Gasteiger partial charge in [-0.05, 0) is 22.3 Å². The van der Waals surface area contributed by atoms with Gasteiger partial charge in [0.1, 0.15) is 24.9 Å². The van der Waals surface area contributed by atoms with Crippen LogP contribution in [0, 0.1) is 0 Å². The molecule has 0 bridgehead atoms. The van der Waals surface area contributed by atoms with E-state index in [9.17, 15) is 4.79 Å². The second-order valence-electron chi connectivity index (χ2n) is 8.93. The summed E-state index contributed by atoms with van der Waals surface area (Å²) < 4.78 is 18.6. The maximum atomic E-state index is 12.3. The minimum absolute atomic E-state index is 0.252. The molecule has 4 aromatic rings. The first-order valence-corrected chi connectivity index (χ1v) is 12.9. The minimum atomic E-state index is -0.907. The molecule has 0 aromatic heterocycles. The van der Waals surface area contributed by atoms with Gasteiger partial charge in [0.15, 0.2) is 6.29 Å². The maximum Gasteiger partial charge on any atom is 0.151 e. The SMILES string of the molecule is O=C[C@@H](OCc1ccccc1)[C@H](OCc1ccccc1)[C@H](/C=N/OCc1ccccc1)OCc1ccccc1. The third kappa shape index (κ3) is 9.61. The molecule has 0 amide bonds. The molecule has 0 spiro atoms. The van der Waals surface area contributed by atoms with Crippen molar-refractivity contribution in [1.82, 2.24) is 0 Å². The lowest BCUT2D eigenvalue weighted by molar-refractivity contribution is -0.147. The molecule has 200 valence electrons. The van der Waals surface area contributed by atoms with Crippen LogP contribution in [0.3, 0.4) is 0 Å². The van der Waals surface area contributed by atoms with Crippen molar-refractivity contribution >= 4 is 12.5 Å². The number of benzene rings is 4. The number of aldehydes is 1. The molecule has 0 radical (unpaired) electrons. The van der Waals surface area contributed by atoms with Crippen LogP contribution in [0.15, 0.2) is 126 Å². The molecular weight excluding hydrogens is 490 g/mol. The summed E-state index contributed by atoms with van der Waals surface area (Å²) in [7, 11) is 0. The molecular formula is C33H33NO5. The third-order valence-electron chi connectivity index (χ3n) is 5.99. The van der Waals surface area contributed by atoms with Crippen molar-refractivity contribution in [3.8, 4) is 0 Å². The van der Waals surface area contributed by atoms with Crippen LogP contribution in [0.1, 0.15) is 22.3 Å². The van der Waals surface area contributed by atoms with Gasteiger partial charge >= 0.3 is 0 Å². The van der Waals surface area contributed by atoms with E-state index in [0.29, 0.717) is 13.2 Å². The number of ether oxygens (including phenoxy) is 3. The smallest absolute Gasteiger partial charge is 0.151 e. The average Bonchev–Trinajstić information content (AvgIpc) is 3.01. The van der Waals surface area contributed by atoms with E-state index in [-0.39, 0.29) is 13.2 Å². The highest BCUT2D eigenvalue weighted by molar-refractivity contribution is 5.66. The van der Waals surface area contributed by atoms with Crippen molar-refractivity contribution in [2.24, 2.45) is 5.16 Å². The highest BCUT2D eigenvalue weighted by atomic mass is 16.6. The van der Waals surface area contributed by atoms with Crippen molar-refractivity contribution in [2.75, 3.05) is 0 Å². The molecule has 0 heterocycles. The van der Waals surface area contributed by atoms with Crippen LogP contribution in [0.5, 0.6) is 0 Å². The molecule has 0 aliphatic carbocycles. The zero-order chi connectivity index (χ0) is 27.0. The van der Waals surface area contributed by atoms with Gasteiger partial charge in [-0.1, -0.05) is 126 Å². The minimum Gasteiger partial charge on any atom is -0.391 e. The number of hydrogen-bond acceptors (Lipinski definition) is 6. The average molecular weight is 524 g/mol. The van der Waals surface area contributed by atoms with Crippen LogP contribution in [0.25, 0.3) is 0 Å². The monoisotopic (exact) mass is 523 g/mol. The molecule has 6 nitrogen and oxygen atoms in total. The van der Waals surface area contributed by atoms with E-state index < -0.39 is 18.3 Å². The molecule has 0 N–H and O–H groups in total. The Morgan fingerprint density at radius 3 is 1.33 bits per heavy atom. The summed E-state index contributed by atoms with van der Waals surface area (Å²) in [4.78, 5) is 17.9. The van der Waals surface area contributed by atoms with Crippen LogP contribution in [0.4, 0.5) is 0 Å². The zero-order valence-electron chi connectivity index (χ0n) is 21.8. The molecule has 4 rings (SSSR count). The van der Waals surface area contributed by atoms with E-state index >= 15 is 0 Å². The van der Waals surface area contributed by atoms with Gasteiger partial charge in [0.25, 0.3) is 0 Å². The Morgan fingerprint density at radius 1 is 0.513 bits per heavy atom. The molecule has 0 fully saturated rings. The van der Waals surface area contributed by atoms with Crippen LogP contribution in [0.2, 0.25) is 0 Å². The summed E-state index contributed by atoms with van der Waals surface area (Å²) >= 11 is 0. The Bertz CT molecular complexity index is 1240. The molecule has 3 atom stereocenters. The van der Waals surface area contributed by atoms with Gasteiger partial charge in [-0.3, -0.25) is 0 Å². The Balaban J connectivity index is 1.53. The van der Waals surface area contributed by atoms with Crippen molar-refractivity contribution in [1.29, 1.82) is 0 Å². The fourth-order valence-corrected chi connectivity index (χ4v) is 3.90. The lowest BCUT2D eigenvalue weighted by Gasteiger charge is -2.29. The standard InChI is InChI=1S/C33H33NO5/c35-22-32(37-24-28-15-7-2-8-16-28)33(38-25-29-17-9-3-10-18-29)31(36-23-27-13-5-1-6-14-27)21-34-39-26-30-19-11-4-12-20-30/h1-22,31-33H,23-26H2/b34-21+/t31-,32+,33+/m0/s1. The molecule has 0 aliphatic rings. The van der Waals surface area contributed by atoms with Crippen molar-refractivity contribution in [3.63, 3.8) is 0 Å². The number of rotatable bonds is 16. The second kappa shape index (κ2) is 16.0. The predicted octanol–water partition coefficient (Wildman–Crippen LogP) is 6.14. The fourth-order valence-electron chi connectivity index (χ4n) is 3.90. The molecule has 0 saturated carbocycles. The number of carbonyl (C=O) groups is 1. The molecule has 0 saturated heterocycles. The second-order valence-corrected chi connectivity index (χ2v) is 8.93. The van der Waals surface area contributed by atoms with Gasteiger partial charge in [0, 0.05) is 0 Å². The topological polar surface area (TPSA) is 66.4 Å².